The van der Waals surface area contributed by atoms with Crippen LogP contribution in [0.4, 0.5) is 14.5 Å². The fraction of sp³-hybridized carbons (Fsp3) is 0.571. The van der Waals surface area contributed by atoms with E-state index in [0.29, 0.717) is 11.1 Å². The fourth-order valence-corrected chi connectivity index (χ4v) is 4.00. The number of piperidine rings is 1. The summed E-state index contributed by atoms with van der Waals surface area (Å²) in [6.07, 6.45) is 4.47. The molecule has 0 amide bonds. The summed E-state index contributed by atoms with van der Waals surface area (Å²) in [6.45, 7) is 1.51. The summed E-state index contributed by atoms with van der Waals surface area (Å²) in [5.41, 5.74) is 0.735. The lowest BCUT2D eigenvalue weighted by molar-refractivity contribution is 0.234. The number of benzene rings is 1. The molecule has 1 spiro atoms. The Hall–Kier alpha value is -1.17. The van der Waals surface area contributed by atoms with Gasteiger partial charge >= 0.3 is 5.76 Å². The molecule has 1 saturated carbocycles. The first-order chi connectivity index (χ1) is 9.45. The van der Waals surface area contributed by atoms with Crippen molar-refractivity contribution in [2.24, 2.45) is 5.41 Å². The maximum atomic E-state index is 12.8. The predicted octanol–water partition coefficient (Wildman–Crippen LogP) is 3.06. The second-order valence-corrected chi connectivity index (χ2v) is 7.68. The molecule has 1 aromatic rings. The molecule has 0 N–H and O–H groups in total. The molecule has 1 saturated heterocycles. The third-order valence-electron chi connectivity index (χ3n) is 4.37. The second-order valence-electron chi connectivity index (χ2n) is 5.80. The molecule has 0 atom stereocenters. The van der Waals surface area contributed by atoms with E-state index in [1.165, 1.54) is 12.1 Å². The average molecular weight is 301 g/mol. The average Bonchev–Trinajstić information content (AvgIpc) is 3.17. The zero-order chi connectivity index (χ0) is 14.4. The minimum absolute atomic E-state index is 0.243. The number of rotatable bonds is 3. The number of sulfone groups is 1. The molecule has 2 aliphatic rings. The van der Waals surface area contributed by atoms with Crippen LogP contribution in [0.2, 0.25) is 0 Å². The van der Waals surface area contributed by atoms with Crippen molar-refractivity contribution >= 4 is 15.5 Å². The van der Waals surface area contributed by atoms with Crippen LogP contribution in [0.15, 0.2) is 29.2 Å². The summed E-state index contributed by atoms with van der Waals surface area (Å²) >= 11 is 0. The summed E-state index contributed by atoms with van der Waals surface area (Å²) in [6, 6.07) is 6.12. The van der Waals surface area contributed by atoms with E-state index >= 15 is 0 Å². The van der Waals surface area contributed by atoms with Crippen LogP contribution in [0.3, 0.4) is 0 Å². The highest BCUT2D eigenvalue weighted by Gasteiger charge is 2.46. The smallest absolute Gasteiger partial charge is 0.341 e. The molecule has 0 aromatic heterocycles. The van der Waals surface area contributed by atoms with Gasteiger partial charge in [-0.1, -0.05) is 12.1 Å². The lowest BCUT2D eigenvalue weighted by atomic mass is 9.95. The lowest BCUT2D eigenvalue weighted by Crippen LogP contribution is -2.37. The van der Waals surface area contributed by atoms with Gasteiger partial charge in [0.2, 0.25) is 9.84 Å². The Morgan fingerprint density at radius 1 is 1.15 bits per heavy atom. The molecular weight excluding hydrogens is 284 g/mol. The van der Waals surface area contributed by atoms with E-state index in [0.717, 1.165) is 38.8 Å². The molecule has 0 unspecified atom stereocenters. The topological polar surface area (TPSA) is 37.4 Å². The van der Waals surface area contributed by atoms with E-state index in [9.17, 15) is 17.2 Å². The van der Waals surface area contributed by atoms with Crippen molar-refractivity contribution in [2.75, 3.05) is 18.0 Å². The van der Waals surface area contributed by atoms with Gasteiger partial charge < -0.3 is 4.90 Å². The number of alkyl halides is 2. The van der Waals surface area contributed by atoms with Crippen LogP contribution in [-0.4, -0.2) is 27.3 Å². The largest absolute Gasteiger partial charge is 0.370 e. The molecule has 3 nitrogen and oxygen atoms in total. The van der Waals surface area contributed by atoms with Gasteiger partial charge in [-0.2, -0.15) is 8.78 Å². The minimum Gasteiger partial charge on any atom is -0.370 e. The Morgan fingerprint density at radius 3 is 2.50 bits per heavy atom. The first-order valence-electron chi connectivity index (χ1n) is 6.81. The van der Waals surface area contributed by atoms with Gasteiger partial charge in [0.15, 0.2) is 0 Å². The highest BCUT2D eigenvalue weighted by Crippen LogP contribution is 2.53. The molecule has 3 rings (SSSR count). The van der Waals surface area contributed by atoms with Crippen LogP contribution in [-0.2, 0) is 9.84 Å². The van der Waals surface area contributed by atoms with Crippen LogP contribution in [0, 0.1) is 5.41 Å². The number of halogens is 2. The number of anilines is 1. The lowest BCUT2D eigenvalue weighted by Gasteiger charge is -2.35. The molecule has 6 heteroatoms. The first kappa shape index (κ1) is 13.8. The van der Waals surface area contributed by atoms with Crippen LogP contribution in [0.1, 0.15) is 25.7 Å². The fourth-order valence-electron chi connectivity index (χ4n) is 3.05. The molecule has 0 radical (unpaired) electrons. The molecule has 1 aliphatic carbocycles. The highest BCUT2D eigenvalue weighted by molar-refractivity contribution is 7.91. The third kappa shape index (κ3) is 2.30. The number of nitrogens with zero attached hydrogens (tertiary/aromatic N) is 1. The SMILES string of the molecule is O=S(=O)(c1ccccc1N1CCCC2(CC2)C1)C(F)F. The van der Waals surface area contributed by atoms with Gasteiger partial charge in [0.1, 0.15) is 0 Å². The van der Waals surface area contributed by atoms with E-state index in [-0.39, 0.29) is 4.90 Å². The van der Waals surface area contributed by atoms with Crippen molar-refractivity contribution in [3.8, 4) is 0 Å². The van der Waals surface area contributed by atoms with Crippen molar-refractivity contribution in [1.29, 1.82) is 0 Å². The van der Waals surface area contributed by atoms with E-state index in [1.807, 2.05) is 4.90 Å². The van der Waals surface area contributed by atoms with E-state index < -0.39 is 15.6 Å². The number of hydrogen-bond donors (Lipinski definition) is 0. The van der Waals surface area contributed by atoms with E-state index in [1.54, 1.807) is 12.1 Å². The van der Waals surface area contributed by atoms with Crippen LogP contribution < -0.4 is 4.90 Å². The predicted molar refractivity (Wildman–Crippen MR) is 72.7 cm³/mol. The molecule has 1 aromatic carbocycles. The summed E-state index contributed by atoms with van der Waals surface area (Å²) in [7, 11) is -4.55. The normalized spacial score (nSPS) is 21.4. The Kier molecular flexibility index (Phi) is 3.23. The maximum Gasteiger partial charge on any atom is 0.341 e. The summed E-state index contributed by atoms with van der Waals surface area (Å²) in [4.78, 5) is 1.72. The molecule has 20 heavy (non-hydrogen) atoms. The van der Waals surface area contributed by atoms with Crippen molar-refractivity contribution in [3.63, 3.8) is 0 Å². The summed E-state index contributed by atoms with van der Waals surface area (Å²) in [5, 5.41) is 0. The molecule has 1 aliphatic heterocycles. The Morgan fingerprint density at radius 2 is 1.85 bits per heavy atom. The van der Waals surface area contributed by atoms with Gasteiger partial charge in [-0.05, 0) is 43.2 Å². The maximum absolute atomic E-state index is 12.8. The van der Waals surface area contributed by atoms with Gasteiger partial charge in [-0.3, -0.25) is 0 Å². The number of para-hydroxylation sites is 1. The van der Waals surface area contributed by atoms with Gasteiger partial charge in [-0.15, -0.1) is 0 Å². The van der Waals surface area contributed by atoms with Gasteiger partial charge in [0.25, 0.3) is 0 Å². The highest BCUT2D eigenvalue weighted by atomic mass is 32.2. The quantitative estimate of drug-likeness (QED) is 0.861. The van der Waals surface area contributed by atoms with Crippen molar-refractivity contribution in [1.82, 2.24) is 0 Å². The standard InChI is InChI=1S/C14H17F2NO2S/c15-13(16)20(18,19)12-5-2-1-4-11(12)17-9-3-6-14(10-17)7-8-14/h1-2,4-5,13H,3,6-10H2. The Bertz CT molecular complexity index is 611. The summed E-state index contributed by atoms with van der Waals surface area (Å²) in [5.74, 6) is -3.37. The number of hydrogen-bond acceptors (Lipinski definition) is 3. The van der Waals surface area contributed by atoms with Crippen molar-refractivity contribution in [2.45, 2.75) is 36.3 Å². The molecule has 110 valence electrons. The molecule has 1 heterocycles. The molecular formula is C14H17F2NO2S. The monoisotopic (exact) mass is 301 g/mol. The van der Waals surface area contributed by atoms with Gasteiger partial charge in [-0.25, -0.2) is 8.42 Å². The second kappa shape index (κ2) is 4.69. The van der Waals surface area contributed by atoms with E-state index in [4.69, 9.17) is 0 Å². The zero-order valence-corrected chi connectivity index (χ0v) is 11.9. The van der Waals surface area contributed by atoms with Gasteiger partial charge in [0, 0.05) is 13.1 Å². The van der Waals surface area contributed by atoms with Crippen LogP contribution in [0.25, 0.3) is 0 Å². The Labute approximate surface area is 117 Å². The van der Waals surface area contributed by atoms with Gasteiger partial charge in [0.05, 0.1) is 10.6 Å². The van der Waals surface area contributed by atoms with Crippen molar-refractivity contribution < 1.29 is 17.2 Å². The van der Waals surface area contributed by atoms with Crippen LogP contribution in [0.5, 0.6) is 0 Å². The van der Waals surface area contributed by atoms with Crippen molar-refractivity contribution in [3.05, 3.63) is 24.3 Å². The molecule has 2 fully saturated rings. The molecule has 0 bridgehead atoms. The Balaban J connectivity index is 1.98. The first-order valence-corrected chi connectivity index (χ1v) is 8.35. The van der Waals surface area contributed by atoms with E-state index in [2.05, 4.69) is 0 Å². The zero-order valence-electron chi connectivity index (χ0n) is 11.1. The third-order valence-corrected chi connectivity index (χ3v) is 5.79. The summed E-state index contributed by atoms with van der Waals surface area (Å²) < 4.78 is 49.2. The minimum atomic E-state index is -4.55. The van der Waals surface area contributed by atoms with Crippen LogP contribution >= 0.6 is 0 Å².